The number of nitrogens with one attached hydrogen (secondary N) is 1. The summed E-state index contributed by atoms with van der Waals surface area (Å²) >= 11 is 6.06. The van der Waals surface area contributed by atoms with Gasteiger partial charge in [0.15, 0.2) is 5.69 Å². The molecule has 0 aliphatic carbocycles. The third-order valence-electron chi connectivity index (χ3n) is 5.87. The predicted molar refractivity (Wildman–Crippen MR) is 122 cm³/mol. The number of aliphatic hydroxyl groups is 1. The summed E-state index contributed by atoms with van der Waals surface area (Å²) in [6.45, 7) is 1.18. The molecule has 1 aliphatic rings. The van der Waals surface area contributed by atoms with Crippen LogP contribution >= 0.6 is 11.6 Å². The quantitative estimate of drug-likeness (QED) is 0.468. The van der Waals surface area contributed by atoms with Crippen molar-refractivity contribution in [2.75, 3.05) is 13.1 Å². The van der Waals surface area contributed by atoms with Gasteiger partial charge in [0, 0.05) is 41.9 Å². The number of halogens is 1. The van der Waals surface area contributed by atoms with Crippen molar-refractivity contribution < 1.29 is 14.3 Å². The van der Waals surface area contributed by atoms with Gasteiger partial charge in [0.1, 0.15) is 11.5 Å². The van der Waals surface area contributed by atoms with E-state index in [2.05, 4.69) is 10.2 Å². The number of fused-ring (bicyclic) bond motifs is 1. The molecule has 0 spiro atoms. The fourth-order valence-corrected chi connectivity index (χ4v) is 4.20. The van der Waals surface area contributed by atoms with Crippen molar-refractivity contribution >= 4 is 28.4 Å². The summed E-state index contributed by atoms with van der Waals surface area (Å²) in [7, 11) is 0. The summed E-state index contributed by atoms with van der Waals surface area (Å²) in [5.74, 6) is 1.11. The van der Waals surface area contributed by atoms with Gasteiger partial charge in [0.2, 0.25) is 11.8 Å². The number of aryl methyl sites for hydroxylation is 1. The van der Waals surface area contributed by atoms with E-state index in [1.807, 2.05) is 53.4 Å². The summed E-state index contributed by atoms with van der Waals surface area (Å²) in [4.78, 5) is 19.3. The standard InChI is InChI=1S/C24H23ClN4O3/c25-16-7-5-15(6-8-16)22-20(9-10-21(31)29-13-11-17(30)12-14-29)32-24(26-22)23-18-3-1-2-4-19(18)27-28-23/h1-8,17,30H,9-14H2,(H,27,28). The van der Waals surface area contributed by atoms with Gasteiger partial charge in [-0.15, -0.1) is 0 Å². The number of aromatic amines is 1. The summed E-state index contributed by atoms with van der Waals surface area (Å²) in [6.07, 6.45) is 1.68. The number of benzene rings is 2. The zero-order chi connectivity index (χ0) is 22.1. The third-order valence-corrected chi connectivity index (χ3v) is 6.12. The molecule has 0 radical (unpaired) electrons. The number of oxazole rings is 1. The number of aromatic nitrogens is 3. The van der Waals surface area contributed by atoms with Crippen molar-refractivity contribution in [1.82, 2.24) is 20.1 Å². The Morgan fingerprint density at radius 3 is 2.66 bits per heavy atom. The fraction of sp³-hybridized carbons (Fsp3) is 0.292. The fourth-order valence-electron chi connectivity index (χ4n) is 4.08. The van der Waals surface area contributed by atoms with Gasteiger partial charge in [-0.2, -0.15) is 5.10 Å². The van der Waals surface area contributed by atoms with Crippen LogP contribution in [0.1, 0.15) is 25.0 Å². The van der Waals surface area contributed by atoms with E-state index in [1.165, 1.54) is 0 Å². The number of H-pyrrole nitrogens is 1. The molecule has 2 aromatic heterocycles. The van der Waals surface area contributed by atoms with Crippen molar-refractivity contribution in [2.24, 2.45) is 0 Å². The highest BCUT2D eigenvalue weighted by Crippen LogP contribution is 2.33. The average molecular weight is 451 g/mol. The van der Waals surface area contributed by atoms with Crippen LogP contribution in [-0.4, -0.2) is 50.3 Å². The molecule has 0 unspecified atom stereocenters. The lowest BCUT2D eigenvalue weighted by Gasteiger charge is -2.29. The number of amides is 1. The number of piperidine rings is 1. The molecule has 2 N–H and O–H groups in total. The van der Waals surface area contributed by atoms with Gasteiger partial charge in [0.05, 0.1) is 11.6 Å². The zero-order valence-electron chi connectivity index (χ0n) is 17.4. The van der Waals surface area contributed by atoms with Crippen LogP contribution in [0.4, 0.5) is 0 Å². The van der Waals surface area contributed by atoms with Gasteiger partial charge >= 0.3 is 0 Å². The zero-order valence-corrected chi connectivity index (χ0v) is 18.2. The second-order valence-corrected chi connectivity index (χ2v) is 8.46. The van der Waals surface area contributed by atoms with Gasteiger partial charge in [-0.25, -0.2) is 4.98 Å². The van der Waals surface area contributed by atoms with Crippen molar-refractivity contribution in [2.45, 2.75) is 31.8 Å². The number of likely N-dealkylation sites (tertiary alicyclic amines) is 1. The van der Waals surface area contributed by atoms with Crippen LogP contribution in [0, 0.1) is 0 Å². The summed E-state index contributed by atoms with van der Waals surface area (Å²) in [5.41, 5.74) is 3.09. The van der Waals surface area contributed by atoms with Crippen LogP contribution in [0.15, 0.2) is 52.9 Å². The van der Waals surface area contributed by atoms with E-state index >= 15 is 0 Å². The Kier molecular flexibility index (Phi) is 5.68. The minimum Gasteiger partial charge on any atom is -0.439 e. The molecule has 1 saturated heterocycles. The van der Waals surface area contributed by atoms with Crippen LogP contribution in [-0.2, 0) is 11.2 Å². The van der Waals surface area contributed by atoms with Gasteiger partial charge in [-0.1, -0.05) is 41.9 Å². The Hall–Kier alpha value is -3.16. The van der Waals surface area contributed by atoms with Crippen LogP contribution in [0.3, 0.4) is 0 Å². The number of para-hydroxylation sites is 1. The molecule has 1 amide bonds. The molecule has 1 aliphatic heterocycles. The molecule has 164 valence electrons. The first-order valence-electron chi connectivity index (χ1n) is 10.7. The molecule has 32 heavy (non-hydrogen) atoms. The van der Waals surface area contributed by atoms with Crippen molar-refractivity contribution in [3.8, 4) is 22.8 Å². The van der Waals surface area contributed by atoms with Crippen molar-refractivity contribution in [3.63, 3.8) is 0 Å². The highest BCUT2D eigenvalue weighted by atomic mass is 35.5. The van der Waals surface area contributed by atoms with E-state index in [1.54, 1.807) is 0 Å². The van der Waals surface area contributed by atoms with E-state index in [-0.39, 0.29) is 12.0 Å². The molecular formula is C24H23ClN4O3. The number of hydrogen-bond acceptors (Lipinski definition) is 5. The second kappa shape index (κ2) is 8.76. The minimum atomic E-state index is -0.309. The molecule has 0 atom stereocenters. The van der Waals surface area contributed by atoms with E-state index in [0.717, 1.165) is 16.5 Å². The topological polar surface area (TPSA) is 95.2 Å². The molecule has 7 nitrogen and oxygen atoms in total. The minimum absolute atomic E-state index is 0.0575. The lowest BCUT2D eigenvalue weighted by molar-refractivity contribution is -0.133. The highest BCUT2D eigenvalue weighted by Gasteiger charge is 2.24. The molecule has 3 heterocycles. The van der Waals surface area contributed by atoms with Gasteiger partial charge in [-0.05, 0) is 31.0 Å². The summed E-state index contributed by atoms with van der Waals surface area (Å²) in [6, 6.07) is 15.2. The van der Waals surface area contributed by atoms with Crippen LogP contribution in [0.5, 0.6) is 0 Å². The number of nitrogens with zero attached hydrogens (tertiary/aromatic N) is 3. The van der Waals surface area contributed by atoms with E-state index in [9.17, 15) is 9.90 Å². The Labute approximate surface area is 190 Å². The molecule has 4 aromatic rings. The Morgan fingerprint density at radius 1 is 1.12 bits per heavy atom. The number of rotatable bonds is 5. The van der Waals surface area contributed by atoms with Crippen LogP contribution < -0.4 is 0 Å². The first-order valence-corrected chi connectivity index (χ1v) is 11.1. The highest BCUT2D eigenvalue weighted by molar-refractivity contribution is 6.30. The Bertz CT molecular complexity index is 1240. The van der Waals surface area contributed by atoms with Gasteiger partial charge in [0.25, 0.3) is 0 Å². The monoisotopic (exact) mass is 450 g/mol. The molecule has 1 fully saturated rings. The maximum atomic E-state index is 12.7. The third kappa shape index (κ3) is 4.13. The predicted octanol–water partition coefficient (Wildman–Crippen LogP) is 4.45. The second-order valence-electron chi connectivity index (χ2n) is 8.03. The molecule has 0 bridgehead atoms. The van der Waals surface area contributed by atoms with E-state index in [4.69, 9.17) is 21.0 Å². The largest absolute Gasteiger partial charge is 0.439 e. The normalized spacial score (nSPS) is 14.9. The lowest BCUT2D eigenvalue weighted by atomic mass is 10.1. The van der Waals surface area contributed by atoms with Crippen LogP contribution in [0.2, 0.25) is 5.02 Å². The number of carbonyl (C=O) groups is 1. The number of aliphatic hydroxyl groups excluding tert-OH is 1. The van der Waals surface area contributed by atoms with E-state index < -0.39 is 0 Å². The Morgan fingerprint density at radius 2 is 1.88 bits per heavy atom. The number of hydrogen-bond donors (Lipinski definition) is 2. The summed E-state index contributed by atoms with van der Waals surface area (Å²) < 4.78 is 6.17. The maximum absolute atomic E-state index is 12.7. The maximum Gasteiger partial charge on any atom is 0.248 e. The molecular weight excluding hydrogens is 428 g/mol. The first kappa shape index (κ1) is 20.7. The van der Waals surface area contributed by atoms with E-state index in [0.29, 0.717) is 66.8 Å². The van der Waals surface area contributed by atoms with Crippen molar-refractivity contribution in [1.29, 1.82) is 0 Å². The van der Waals surface area contributed by atoms with Crippen LogP contribution in [0.25, 0.3) is 33.7 Å². The molecule has 5 rings (SSSR count). The SMILES string of the molecule is O=C(CCc1oc(-c2n[nH]c3ccccc23)nc1-c1ccc(Cl)cc1)N1CCC(O)CC1. The molecule has 0 saturated carbocycles. The number of carbonyl (C=O) groups excluding carboxylic acids is 1. The lowest BCUT2D eigenvalue weighted by Crippen LogP contribution is -2.40. The first-order chi connectivity index (χ1) is 15.6. The summed E-state index contributed by atoms with van der Waals surface area (Å²) in [5, 5.41) is 18.7. The molecule has 2 aromatic carbocycles. The van der Waals surface area contributed by atoms with Gasteiger partial charge < -0.3 is 14.4 Å². The van der Waals surface area contributed by atoms with Gasteiger partial charge in [-0.3, -0.25) is 9.89 Å². The average Bonchev–Trinajstić information content (AvgIpc) is 3.43. The Balaban J connectivity index is 1.45. The molecule has 8 heteroatoms. The smallest absolute Gasteiger partial charge is 0.248 e. The van der Waals surface area contributed by atoms with Crippen molar-refractivity contribution in [3.05, 3.63) is 59.3 Å².